The number of nitrogens with zero attached hydrogens (tertiary/aromatic N) is 2. The van der Waals surface area contributed by atoms with E-state index in [1.807, 2.05) is 25.2 Å². The Morgan fingerprint density at radius 1 is 1.13 bits per heavy atom. The second kappa shape index (κ2) is 10.5. The molecule has 1 fully saturated rings. The summed E-state index contributed by atoms with van der Waals surface area (Å²) >= 11 is 0. The second-order valence-corrected chi connectivity index (χ2v) is 7.40. The highest BCUT2D eigenvalue weighted by molar-refractivity contribution is 6.00. The third-order valence-electron chi connectivity index (χ3n) is 5.31. The van der Waals surface area contributed by atoms with E-state index >= 15 is 0 Å². The average Bonchev–Trinajstić information content (AvgIpc) is 2.98. The number of aromatic nitrogens is 2. The molecule has 0 radical (unpaired) electrons. The van der Waals surface area contributed by atoms with Gasteiger partial charge in [0, 0.05) is 26.6 Å². The summed E-state index contributed by atoms with van der Waals surface area (Å²) in [6, 6.07) is 5.08. The third kappa shape index (κ3) is 4.97. The van der Waals surface area contributed by atoms with Crippen molar-refractivity contribution in [3.05, 3.63) is 34.2 Å². The van der Waals surface area contributed by atoms with Crippen molar-refractivity contribution in [2.24, 2.45) is 7.05 Å². The molecule has 0 aliphatic carbocycles. The lowest BCUT2D eigenvalue weighted by molar-refractivity contribution is -0.135. The first-order valence-electron chi connectivity index (χ1n) is 10.4. The number of rotatable bonds is 11. The highest BCUT2D eigenvalue weighted by atomic mass is 16.5. The van der Waals surface area contributed by atoms with Crippen molar-refractivity contribution in [3.63, 3.8) is 0 Å². The van der Waals surface area contributed by atoms with Crippen LogP contribution in [0.3, 0.4) is 0 Å². The van der Waals surface area contributed by atoms with Crippen molar-refractivity contribution in [2.75, 3.05) is 40.0 Å². The summed E-state index contributed by atoms with van der Waals surface area (Å²) in [5.41, 5.74) is 2.32. The predicted molar refractivity (Wildman–Crippen MR) is 112 cm³/mol. The Morgan fingerprint density at radius 3 is 2.63 bits per heavy atom. The van der Waals surface area contributed by atoms with Gasteiger partial charge in [0.1, 0.15) is 6.04 Å². The molecule has 3 rings (SSSR count). The summed E-state index contributed by atoms with van der Waals surface area (Å²) in [5.74, 6) is -0.714. The van der Waals surface area contributed by atoms with Crippen molar-refractivity contribution in [3.8, 4) is 0 Å². The highest BCUT2D eigenvalue weighted by Gasteiger charge is 2.31. The van der Waals surface area contributed by atoms with Crippen LogP contribution in [0.1, 0.15) is 30.9 Å². The number of likely N-dealkylation sites (N-methyl/N-ethyl adjacent to an activating group) is 1. The number of carbonyl (C=O) groups excluding carboxylic acids is 2. The van der Waals surface area contributed by atoms with Crippen LogP contribution in [0.4, 0.5) is 0 Å². The molecule has 1 aromatic heterocycles. The fraction of sp³-hybridized carbons (Fsp3) is 0.571. The number of amides is 2. The van der Waals surface area contributed by atoms with Crippen molar-refractivity contribution in [1.82, 2.24) is 19.8 Å². The molecule has 1 atom stereocenters. The maximum absolute atomic E-state index is 12.9. The molecular weight excluding hydrogens is 388 g/mol. The number of imidazole rings is 1. The van der Waals surface area contributed by atoms with E-state index in [9.17, 15) is 14.4 Å². The summed E-state index contributed by atoms with van der Waals surface area (Å²) in [6.07, 6.45) is 2.13. The third-order valence-corrected chi connectivity index (χ3v) is 5.31. The Balaban J connectivity index is 1.65. The van der Waals surface area contributed by atoms with Gasteiger partial charge in [-0.15, -0.1) is 0 Å². The standard InChI is InChI=1S/C21H30N4O5/c1-22-10-12-30-14-13-29-11-4-6-15-5-3-7-16-19(15)24(2)21(28)25(16)17-8-9-18(26)23-20(17)27/h3,5,7,17,22H,4,6,8-14H2,1-2H3,(H,23,26,27). The van der Waals surface area contributed by atoms with Gasteiger partial charge in [0.25, 0.3) is 0 Å². The van der Waals surface area contributed by atoms with Crippen molar-refractivity contribution in [1.29, 1.82) is 0 Å². The average molecular weight is 418 g/mol. The van der Waals surface area contributed by atoms with Gasteiger partial charge >= 0.3 is 5.69 Å². The molecule has 1 aromatic carbocycles. The van der Waals surface area contributed by atoms with Gasteiger partial charge in [-0.3, -0.25) is 24.0 Å². The molecular formula is C21H30N4O5. The zero-order valence-electron chi connectivity index (χ0n) is 17.6. The Morgan fingerprint density at radius 2 is 1.90 bits per heavy atom. The number of benzene rings is 1. The monoisotopic (exact) mass is 418 g/mol. The minimum absolute atomic E-state index is 0.231. The minimum atomic E-state index is -0.666. The fourth-order valence-electron chi connectivity index (χ4n) is 3.81. The summed E-state index contributed by atoms with van der Waals surface area (Å²) in [5, 5.41) is 5.35. The van der Waals surface area contributed by atoms with E-state index < -0.39 is 11.9 Å². The van der Waals surface area contributed by atoms with Crippen LogP contribution in [-0.2, 0) is 32.5 Å². The molecule has 2 amide bonds. The van der Waals surface area contributed by atoms with Crippen LogP contribution < -0.4 is 16.3 Å². The van der Waals surface area contributed by atoms with Gasteiger partial charge in [0.05, 0.1) is 30.9 Å². The lowest BCUT2D eigenvalue weighted by Crippen LogP contribution is -2.44. The maximum atomic E-state index is 12.9. The van der Waals surface area contributed by atoms with E-state index in [4.69, 9.17) is 9.47 Å². The molecule has 1 saturated heterocycles. The van der Waals surface area contributed by atoms with E-state index in [1.54, 1.807) is 11.6 Å². The molecule has 2 heterocycles. The first kappa shape index (κ1) is 22.2. The normalized spacial score (nSPS) is 16.9. The Labute approximate surface area is 175 Å². The van der Waals surface area contributed by atoms with Gasteiger partial charge in [-0.25, -0.2) is 4.79 Å². The van der Waals surface area contributed by atoms with Gasteiger partial charge < -0.3 is 14.8 Å². The minimum Gasteiger partial charge on any atom is -0.379 e. The van der Waals surface area contributed by atoms with E-state index in [0.29, 0.717) is 38.4 Å². The van der Waals surface area contributed by atoms with Crippen molar-refractivity contribution < 1.29 is 19.1 Å². The van der Waals surface area contributed by atoms with Gasteiger partial charge in [-0.1, -0.05) is 12.1 Å². The molecule has 2 aromatic rings. The van der Waals surface area contributed by atoms with Crippen LogP contribution in [0.25, 0.3) is 11.0 Å². The summed E-state index contributed by atoms with van der Waals surface area (Å²) in [4.78, 5) is 36.7. The van der Waals surface area contributed by atoms with Crippen LogP contribution >= 0.6 is 0 Å². The number of hydrogen-bond acceptors (Lipinski definition) is 6. The van der Waals surface area contributed by atoms with E-state index in [-0.39, 0.29) is 18.0 Å². The molecule has 30 heavy (non-hydrogen) atoms. The molecule has 164 valence electrons. The van der Waals surface area contributed by atoms with E-state index in [0.717, 1.165) is 30.5 Å². The molecule has 0 bridgehead atoms. The SMILES string of the molecule is CNCCOCCOCCCc1cccc2c1n(C)c(=O)n2C1CCC(=O)NC1=O. The largest absolute Gasteiger partial charge is 0.379 e. The molecule has 9 nitrogen and oxygen atoms in total. The number of para-hydroxylation sites is 1. The topological polar surface area (TPSA) is 104 Å². The molecule has 2 N–H and O–H groups in total. The smallest absolute Gasteiger partial charge is 0.329 e. The van der Waals surface area contributed by atoms with E-state index in [2.05, 4.69) is 10.6 Å². The first-order valence-corrected chi connectivity index (χ1v) is 10.4. The summed E-state index contributed by atoms with van der Waals surface area (Å²) in [7, 11) is 3.60. The summed E-state index contributed by atoms with van der Waals surface area (Å²) < 4.78 is 14.1. The molecule has 0 saturated carbocycles. The zero-order chi connectivity index (χ0) is 21.5. The fourth-order valence-corrected chi connectivity index (χ4v) is 3.81. The van der Waals surface area contributed by atoms with Gasteiger partial charge in [-0.05, 0) is 37.9 Å². The number of nitrogens with one attached hydrogen (secondary N) is 2. The van der Waals surface area contributed by atoms with Gasteiger partial charge in [-0.2, -0.15) is 0 Å². The number of hydrogen-bond donors (Lipinski definition) is 2. The predicted octanol–water partition coefficient (Wildman–Crippen LogP) is 0.503. The highest BCUT2D eigenvalue weighted by Crippen LogP contribution is 2.25. The molecule has 1 unspecified atom stereocenters. The number of fused-ring (bicyclic) bond motifs is 1. The summed E-state index contributed by atoms with van der Waals surface area (Å²) in [6.45, 7) is 3.22. The second-order valence-electron chi connectivity index (χ2n) is 7.40. The lowest BCUT2D eigenvalue weighted by Gasteiger charge is -2.21. The number of ether oxygens (including phenoxy) is 2. The number of piperidine rings is 1. The lowest BCUT2D eigenvalue weighted by atomic mass is 10.0. The molecule has 1 aliphatic heterocycles. The number of aryl methyl sites for hydroxylation is 2. The first-order chi connectivity index (χ1) is 14.5. The van der Waals surface area contributed by atoms with E-state index in [1.165, 1.54) is 4.57 Å². The van der Waals surface area contributed by atoms with Gasteiger partial charge in [0.15, 0.2) is 0 Å². The molecule has 0 spiro atoms. The maximum Gasteiger partial charge on any atom is 0.329 e. The van der Waals surface area contributed by atoms with Crippen LogP contribution in [0.2, 0.25) is 0 Å². The molecule has 9 heteroatoms. The molecule has 1 aliphatic rings. The Bertz CT molecular complexity index is 949. The quantitative estimate of drug-likeness (QED) is 0.407. The van der Waals surface area contributed by atoms with Crippen LogP contribution in [-0.4, -0.2) is 61.0 Å². The number of carbonyl (C=O) groups is 2. The van der Waals surface area contributed by atoms with Gasteiger partial charge in [0.2, 0.25) is 11.8 Å². The number of imide groups is 1. The zero-order valence-corrected chi connectivity index (χ0v) is 17.6. The van der Waals surface area contributed by atoms with Crippen molar-refractivity contribution in [2.45, 2.75) is 31.7 Å². The Kier molecular flexibility index (Phi) is 7.78. The van der Waals surface area contributed by atoms with Crippen LogP contribution in [0.15, 0.2) is 23.0 Å². The van der Waals surface area contributed by atoms with Crippen LogP contribution in [0.5, 0.6) is 0 Å². The van der Waals surface area contributed by atoms with Crippen molar-refractivity contribution >= 4 is 22.8 Å². The Hall–Kier alpha value is -2.49. The van der Waals surface area contributed by atoms with Crippen LogP contribution in [0, 0.1) is 0 Å².